The molecule has 9 atom stereocenters. The Morgan fingerprint density at radius 3 is 2.43 bits per heavy atom. The Morgan fingerprint density at radius 1 is 1.04 bits per heavy atom. The molecular weight excluding hydrogens is 359 g/mol. The molecule has 0 aromatic heterocycles. The summed E-state index contributed by atoms with van der Waals surface area (Å²) < 4.78 is 0. The normalized spacial score (nSPS) is 48.6. The molecule has 4 heteroatoms. The molecule has 0 radical (unpaired) electrons. The molecule has 0 heterocycles. The molecule has 0 aliphatic heterocycles. The fraction of sp³-hybridized carbons (Fsp3) is 0.958. The first-order chi connectivity index (χ1) is 12.8. The van der Waals surface area contributed by atoms with E-state index in [4.69, 9.17) is 0 Å². The summed E-state index contributed by atoms with van der Waals surface area (Å²) in [5.74, 6) is 3.55. The minimum Gasteiger partial charge on any atom is -0.550 e. The van der Waals surface area contributed by atoms with Gasteiger partial charge in [-0.1, -0.05) is 20.8 Å². The smallest absolute Gasteiger partial charge is 0.550 e. The van der Waals surface area contributed by atoms with E-state index in [9.17, 15) is 15.0 Å². The average Bonchev–Trinajstić information content (AvgIpc) is 2.97. The molecule has 0 amide bonds. The second-order valence-electron chi connectivity index (χ2n) is 11.2. The summed E-state index contributed by atoms with van der Waals surface area (Å²) in [5, 5.41) is 21.1. The number of aliphatic hydroxyl groups excluding tert-OH is 1. The first-order valence-electron chi connectivity index (χ1n) is 11.6. The number of aliphatic hydroxyl groups is 1. The Kier molecular flexibility index (Phi) is 7.03. The van der Waals surface area contributed by atoms with Crippen molar-refractivity contribution in [2.75, 3.05) is 0 Å². The molecule has 28 heavy (non-hydrogen) atoms. The number of fused-ring (bicyclic) bond motifs is 5. The molecule has 0 aromatic rings. The van der Waals surface area contributed by atoms with Crippen molar-refractivity contribution in [1.82, 2.24) is 0 Å². The third kappa shape index (κ3) is 3.76. The van der Waals surface area contributed by atoms with E-state index in [-0.39, 0.29) is 42.1 Å². The first-order valence-corrected chi connectivity index (χ1v) is 11.6. The van der Waals surface area contributed by atoms with Crippen molar-refractivity contribution in [1.29, 1.82) is 0 Å². The van der Waals surface area contributed by atoms with Crippen LogP contribution in [-0.4, -0.2) is 17.2 Å². The predicted octanol–water partition coefficient (Wildman–Crippen LogP) is 1.18. The largest absolute Gasteiger partial charge is 1.00 e. The van der Waals surface area contributed by atoms with Gasteiger partial charge in [-0.2, -0.15) is 0 Å². The van der Waals surface area contributed by atoms with Gasteiger partial charge < -0.3 is 15.0 Å². The average molecular weight is 399 g/mol. The quantitative estimate of drug-likeness (QED) is 0.724. The number of hydrogen-bond donors (Lipinski definition) is 1. The van der Waals surface area contributed by atoms with Crippen molar-refractivity contribution in [2.45, 2.75) is 97.5 Å². The van der Waals surface area contributed by atoms with Crippen LogP contribution in [0, 0.1) is 46.3 Å². The van der Waals surface area contributed by atoms with E-state index in [2.05, 4.69) is 20.8 Å². The number of carboxylic acid groups (broad SMARTS) is 1. The first kappa shape index (κ1) is 23.1. The number of carboxylic acids is 1. The van der Waals surface area contributed by atoms with Gasteiger partial charge in [-0.25, -0.2) is 0 Å². The molecule has 4 rings (SSSR count). The number of carbonyl (C=O) groups excluding carboxylic acids is 1. The zero-order chi connectivity index (χ0) is 19.4. The minimum atomic E-state index is -0.893. The van der Waals surface area contributed by atoms with Gasteiger partial charge in [-0.3, -0.25) is 0 Å². The van der Waals surface area contributed by atoms with E-state index < -0.39 is 5.97 Å². The van der Waals surface area contributed by atoms with E-state index >= 15 is 0 Å². The maximum atomic E-state index is 10.9. The molecule has 154 valence electrons. The molecule has 0 aromatic carbocycles. The van der Waals surface area contributed by atoms with Crippen LogP contribution in [0.3, 0.4) is 0 Å². The van der Waals surface area contributed by atoms with Crippen molar-refractivity contribution in [3.63, 3.8) is 0 Å². The van der Waals surface area contributed by atoms with Gasteiger partial charge in [-0.05, 0) is 117 Å². The van der Waals surface area contributed by atoms with Crippen LogP contribution in [0.2, 0.25) is 0 Å². The van der Waals surface area contributed by atoms with Gasteiger partial charge >= 0.3 is 29.6 Å². The van der Waals surface area contributed by atoms with Gasteiger partial charge in [0.1, 0.15) is 0 Å². The van der Waals surface area contributed by atoms with Crippen molar-refractivity contribution in [3.05, 3.63) is 0 Å². The molecule has 0 bridgehead atoms. The van der Waals surface area contributed by atoms with E-state index in [0.29, 0.717) is 22.7 Å². The van der Waals surface area contributed by atoms with Crippen LogP contribution < -0.4 is 34.7 Å². The Hall–Kier alpha value is 0.430. The molecule has 0 unspecified atom stereocenters. The molecular formula is C24H39NaO3. The summed E-state index contributed by atoms with van der Waals surface area (Å²) in [6.07, 6.45) is 12.2. The standard InChI is InChI=1S/C24H40O3.Na/c1-15(4-9-22(26)27)19-7-8-20-18-6-5-16-14-17(25)10-12-23(16,2)21(18)11-13-24(19,20)3;/h15-21,25H,4-14H2,1-3H3,(H,26,27);/q;+1/p-1/t15-,16-,17-,18+,19-,20+,21+,23+,24-;/m1./s1. The van der Waals surface area contributed by atoms with Crippen LogP contribution in [0.4, 0.5) is 0 Å². The molecule has 3 nitrogen and oxygen atoms in total. The number of carbonyl (C=O) groups is 1. The fourth-order valence-electron chi connectivity index (χ4n) is 8.76. The van der Waals surface area contributed by atoms with Crippen LogP contribution in [0.25, 0.3) is 0 Å². The van der Waals surface area contributed by atoms with Gasteiger partial charge in [0, 0.05) is 5.97 Å². The zero-order valence-electron chi connectivity index (χ0n) is 18.6. The second kappa shape index (κ2) is 8.52. The summed E-state index contributed by atoms with van der Waals surface area (Å²) >= 11 is 0. The molecule has 4 aliphatic rings. The van der Waals surface area contributed by atoms with Crippen LogP contribution >= 0.6 is 0 Å². The third-order valence-corrected chi connectivity index (χ3v) is 10.2. The SMILES string of the molecule is C[C@H](CCC(=O)[O-])[C@H]1CC[C@H]2[C@@H]3CC[C@@H]4C[C@H](O)CC[C@]4(C)[C@H]3CC[C@]12C.[Na+]. The topological polar surface area (TPSA) is 60.4 Å². The van der Waals surface area contributed by atoms with Crippen molar-refractivity contribution in [2.24, 2.45) is 46.3 Å². The van der Waals surface area contributed by atoms with Gasteiger partial charge in [0.2, 0.25) is 0 Å². The molecule has 4 saturated carbocycles. The van der Waals surface area contributed by atoms with Gasteiger partial charge in [-0.15, -0.1) is 0 Å². The Labute approximate surface area is 193 Å². The Balaban J connectivity index is 0.00000225. The molecule has 4 aliphatic carbocycles. The van der Waals surface area contributed by atoms with E-state index in [1.165, 1.54) is 44.9 Å². The zero-order valence-corrected chi connectivity index (χ0v) is 20.6. The third-order valence-electron chi connectivity index (χ3n) is 10.2. The molecule has 0 saturated heterocycles. The summed E-state index contributed by atoms with van der Waals surface area (Å²) in [4.78, 5) is 10.9. The fourth-order valence-corrected chi connectivity index (χ4v) is 8.76. The van der Waals surface area contributed by atoms with Gasteiger partial charge in [0.25, 0.3) is 0 Å². The van der Waals surface area contributed by atoms with E-state index in [1.807, 2.05) is 0 Å². The number of rotatable bonds is 4. The summed E-state index contributed by atoms with van der Waals surface area (Å²) in [6.45, 7) is 7.38. The summed E-state index contributed by atoms with van der Waals surface area (Å²) in [6, 6.07) is 0. The number of aliphatic carboxylic acids is 1. The second-order valence-corrected chi connectivity index (χ2v) is 11.2. The maximum Gasteiger partial charge on any atom is 1.00 e. The summed E-state index contributed by atoms with van der Waals surface area (Å²) in [7, 11) is 0. The minimum absolute atomic E-state index is 0. The van der Waals surface area contributed by atoms with Gasteiger partial charge in [0.05, 0.1) is 6.10 Å². The molecule has 4 fully saturated rings. The monoisotopic (exact) mass is 398 g/mol. The van der Waals surface area contributed by atoms with Crippen LogP contribution in [0.15, 0.2) is 0 Å². The maximum absolute atomic E-state index is 10.9. The van der Waals surface area contributed by atoms with Crippen LogP contribution in [0.5, 0.6) is 0 Å². The van der Waals surface area contributed by atoms with Crippen molar-refractivity contribution >= 4 is 5.97 Å². The van der Waals surface area contributed by atoms with Crippen LogP contribution in [0.1, 0.15) is 91.4 Å². The van der Waals surface area contributed by atoms with Gasteiger partial charge in [0.15, 0.2) is 0 Å². The van der Waals surface area contributed by atoms with Crippen molar-refractivity contribution < 1.29 is 44.6 Å². The van der Waals surface area contributed by atoms with E-state index in [0.717, 1.165) is 42.9 Å². The predicted molar refractivity (Wildman–Crippen MR) is 105 cm³/mol. The molecule has 0 spiro atoms. The summed E-state index contributed by atoms with van der Waals surface area (Å²) in [5.41, 5.74) is 0.853. The Morgan fingerprint density at radius 2 is 1.71 bits per heavy atom. The number of hydrogen-bond acceptors (Lipinski definition) is 3. The van der Waals surface area contributed by atoms with Crippen molar-refractivity contribution in [3.8, 4) is 0 Å². The Bertz CT molecular complexity index is 580. The van der Waals surface area contributed by atoms with E-state index in [1.54, 1.807) is 0 Å². The van der Waals surface area contributed by atoms with Crippen LogP contribution in [-0.2, 0) is 4.79 Å². The molecule has 1 N–H and O–H groups in total.